The molecule has 1 atom stereocenters. The molecule has 0 N–H and O–H groups in total. The molecule has 3 nitrogen and oxygen atoms in total. The lowest BCUT2D eigenvalue weighted by atomic mass is 9.82. The van der Waals surface area contributed by atoms with Gasteiger partial charge in [0, 0.05) is 6.42 Å². The molecule has 0 heterocycles. The predicted molar refractivity (Wildman–Crippen MR) is 59.2 cm³/mol. The molecule has 1 unspecified atom stereocenters. The quantitative estimate of drug-likeness (QED) is 0.582. The van der Waals surface area contributed by atoms with Gasteiger partial charge in [0.1, 0.15) is 6.61 Å². The number of esters is 1. The minimum atomic E-state index is -0.582. The molecule has 87 valence electrons. The molecule has 0 bridgehead atoms. The van der Waals surface area contributed by atoms with Gasteiger partial charge >= 0.3 is 5.97 Å². The van der Waals surface area contributed by atoms with Gasteiger partial charge in [0.2, 0.25) is 6.29 Å². The monoisotopic (exact) mass is 213 g/mol. The molecule has 0 aromatic heterocycles. The van der Waals surface area contributed by atoms with Crippen LogP contribution in [0, 0.1) is 5.41 Å². The Balaban J connectivity index is 4.22. The Kier molecular flexibility index (Phi) is 7.01. The first-order chi connectivity index (χ1) is 7.14. The van der Waals surface area contributed by atoms with Crippen LogP contribution in [-0.4, -0.2) is 18.9 Å². The van der Waals surface area contributed by atoms with Crippen LogP contribution >= 0.6 is 0 Å². The lowest BCUT2D eigenvalue weighted by molar-refractivity contribution is -0.145. The number of unbranched alkanes of at least 4 members (excludes halogenated alkanes) is 1. The zero-order valence-electron chi connectivity index (χ0n) is 9.97. The molecule has 0 saturated carbocycles. The van der Waals surface area contributed by atoms with Gasteiger partial charge in [-0.25, -0.2) is 0 Å². The van der Waals surface area contributed by atoms with Gasteiger partial charge in [-0.15, -0.1) is 0 Å². The van der Waals surface area contributed by atoms with Crippen molar-refractivity contribution in [1.29, 1.82) is 0 Å². The Morgan fingerprint density at radius 1 is 1.33 bits per heavy atom. The third-order valence-electron chi connectivity index (χ3n) is 2.70. The molecule has 0 fully saturated rings. The van der Waals surface area contributed by atoms with E-state index >= 15 is 0 Å². The van der Waals surface area contributed by atoms with Crippen LogP contribution in [0.1, 0.15) is 52.9 Å². The summed E-state index contributed by atoms with van der Waals surface area (Å²) in [6.07, 6.45) is 5.83. The van der Waals surface area contributed by atoms with Crippen LogP contribution in [-0.2, 0) is 14.3 Å². The molecule has 0 spiro atoms. The van der Waals surface area contributed by atoms with Gasteiger partial charge in [-0.1, -0.05) is 33.6 Å². The van der Waals surface area contributed by atoms with Crippen LogP contribution < -0.4 is 0 Å². The number of ether oxygens (including phenoxy) is 1. The highest BCUT2D eigenvalue weighted by atomic mass is 16.5. The van der Waals surface area contributed by atoms with Crippen molar-refractivity contribution in [3.63, 3.8) is 0 Å². The molecule has 0 aliphatic heterocycles. The summed E-state index contributed by atoms with van der Waals surface area (Å²) in [5, 5.41) is 0. The fourth-order valence-corrected chi connectivity index (χ4v) is 1.34. The summed E-state index contributed by atoms with van der Waals surface area (Å²) < 4.78 is 5.03. The van der Waals surface area contributed by atoms with E-state index in [1.54, 1.807) is 6.92 Å². The first kappa shape index (κ1) is 14.1. The third kappa shape index (κ3) is 4.96. The molecule has 1 radical (unpaired) electrons. The van der Waals surface area contributed by atoms with Crippen LogP contribution in [0.5, 0.6) is 0 Å². The largest absolute Gasteiger partial charge is 0.465 e. The van der Waals surface area contributed by atoms with Crippen LogP contribution in [0.4, 0.5) is 0 Å². The Labute approximate surface area is 92.2 Å². The molecule has 0 rings (SSSR count). The number of carbonyl (C=O) groups excluding carboxylic acids is 2. The minimum absolute atomic E-state index is 0.180. The SMILES string of the molecule is CCCCC([C]=O)(CC)COC(=O)CC. The highest BCUT2D eigenvalue weighted by Gasteiger charge is 2.29. The van der Waals surface area contributed by atoms with E-state index in [0.29, 0.717) is 12.8 Å². The molecular formula is C12H21O3. The first-order valence-corrected chi connectivity index (χ1v) is 5.69. The summed E-state index contributed by atoms with van der Waals surface area (Å²) in [6, 6.07) is 0. The van der Waals surface area contributed by atoms with E-state index in [0.717, 1.165) is 19.3 Å². The molecule has 0 aromatic rings. The van der Waals surface area contributed by atoms with Crippen LogP contribution in [0.3, 0.4) is 0 Å². The number of hydrogen-bond acceptors (Lipinski definition) is 3. The number of hydrogen-bond donors (Lipinski definition) is 0. The van der Waals surface area contributed by atoms with Crippen LogP contribution in [0.25, 0.3) is 0 Å². The third-order valence-corrected chi connectivity index (χ3v) is 2.70. The van der Waals surface area contributed by atoms with E-state index in [1.807, 2.05) is 6.92 Å². The van der Waals surface area contributed by atoms with E-state index in [2.05, 4.69) is 13.2 Å². The van der Waals surface area contributed by atoms with Crippen molar-refractivity contribution < 1.29 is 14.3 Å². The van der Waals surface area contributed by atoms with Gasteiger partial charge in [-0.05, 0) is 12.8 Å². The Morgan fingerprint density at radius 2 is 2.00 bits per heavy atom. The van der Waals surface area contributed by atoms with Gasteiger partial charge in [0.25, 0.3) is 0 Å². The van der Waals surface area contributed by atoms with Crippen LogP contribution in [0.15, 0.2) is 0 Å². The zero-order chi connectivity index (χ0) is 11.7. The van der Waals surface area contributed by atoms with Gasteiger partial charge in [0.05, 0.1) is 5.41 Å². The topological polar surface area (TPSA) is 43.4 Å². The standard InChI is InChI=1S/C12H21O3/c1-4-7-8-12(6-3,9-13)10-15-11(14)5-2/h4-8,10H2,1-3H3. The van der Waals surface area contributed by atoms with Crippen molar-refractivity contribution in [3.8, 4) is 0 Å². The average molecular weight is 213 g/mol. The van der Waals surface area contributed by atoms with E-state index < -0.39 is 5.41 Å². The summed E-state index contributed by atoms with van der Waals surface area (Å²) in [5.41, 5.74) is -0.582. The fraction of sp³-hybridized carbons (Fsp3) is 0.833. The second kappa shape index (κ2) is 7.43. The number of rotatable bonds is 8. The van der Waals surface area contributed by atoms with E-state index in [1.165, 1.54) is 0 Å². The van der Waals surface area contributed by atoms with E-state index in [9.17, 15) is 9.59 Å². The van der Waals surface area contributed by atoms with E-state index in [4.69, 9.17) is 4.74 Å². The predicted octanol–water partition coefficient (Wildman–Crippen LogP) is 2.64. The molecule has 3 heteroatoms. The fourth-order valence-electron chi connectivity index (χ4n) is 1.34. The molecule has 15 heavy (non-hydrogen) atoms. The van der Waals surface area contributed by atoms with Crippen molar-refractivity contribution >= 4 is 12.3 Å². The van der Waals surface area contributed by atoms with Crippen molar-refractivity contribution in [2.75, 3.05) is 6.61 Å². The molecule has 0 aromatic carbocycles. The van der Waals surface area contributed by atoms with Gasteiger partial charge in [-0.2, -0.15) is 0 Å². The van der Waals surface area contributed by atoms with Crippen molar-refractivity contribution in [3.05, 3.63) is 0 Å². The second-order valence-electron chi connectivity index (χ2n) is 3.85. The van der Waals surface area contributed by atoms with Crippen molar-refractivity contribution in [2.24, 2.45) is 5.41 Å². The van der Waals surface area contributed by atoms with Gasteiger partial charge in [-0.3, -0.25) is 9.59 Å². The number of carbonyl (C=O) groups is 1. The van der Waals surface area contributed by atoms with Gasteiger partial charge in [0.15, 0.2) is 0 Å². The lowest BCUT2D eigenvalue weighted by Crippen LogP contribution is -2.29. The van der Waals surface area contributed by atoms with Crippen LogP contribution in [0.2, 0.25) is 0 Å². The molecule has 0 saturated heterocycles. The van der Waals surface area contributed by atoms with Crippen molar-refractivity contribution in [1.82, 2.24) is 0 Å². The van der Waals surface area contributed by atoms with E-state index in [-0.39, 0.29) is 12.6 Å². The second-order valence-corrected chi connectivity index (χ2v) is 3.85. The normalized spacial score (nSPS) is 14.3. The highest BCUT2D eigenvalue weighted by Crippen LogP contribution is 2.26. The maximum Gasteiger partial charge on any atom is 0.305 e. The zero-order valence-corrected chi connectivity index (χ0v) is 9.97. The smallest absolute Gasteiger partial charge is 0.305 e. The molecule has 0 aliphatic carbocycles. The summed E-state index contributed by atoms with van der Waals surface area (Å²) in [4.78, 5) is 22.0. The first-order valence-electron chi connectivity index (χ1n) is 5.69. The van der Waals surface area contributed by atoms with Gasteiger partial charge < -0.3 is 4.74 Å². The Bertz CT molecular complexity index is 201. The summed E-state index contributed by atoms with van der Waals surface area (Å²) in [5.74, 6) is -0.250. The van der Waals surface area contributed by atoms with Crippen molar-refractivity contribution in [2.45, 2.75) is 52.9 Å². The summed E-state index contributed by atoms with van der Waals surface area (Å²) in [6.45, 7) is 5.93. The molecular weight excluding hydrogens is 192 g/mol. The summed E-state index contributed by atoms with van der Waals surface area (Å²) in [7, 11) is 0. The maximum atomic E-state index is 11.0. The lowest BCUT2D eigenvalue weighted by Gasteiger charge is -2.24. The maximum absolute atomic E-state index is 11.0. The molecule has 0 amide bonds. The average Bonchev–Trinajstić information content (AvgIpc) is 2.30. The Morgan fingerprint density at radius 3 is 2.40 bits per heavy atom. The molecule has 0 aliphatic rings. The summed E-state index contributed by atoms with van der Waals surface area (Å²) >= 11 is 0. The minimum Gasteiger partial charge on any atom is -0.465 e. The highest BCUT2D eigenvalue weighted by molar-refractivity contribution is 5.69. The Hall–Kier alpha value is -0.860.